The lowest BCUT2D eigenvalue weighted by Crippen LogP contribution is -2.03. The van der Waals surface area contributed by atoms with Gasteiger partial charge in [-0.2, -0.15) is 0 Å². The summed E-state index contributed by atoms with van der Waals surface area (Å²) in [5, 5.41) is 0. The number of hydrogen-bond acceptors (Lipinski definition) is 3. The number of benzene rings is 1. The molecule has 0 fully saturated rings. The van der Waals surface area contributed by atoms with Crippen LogP contribution in [0, 0.1) is 0 Å². The van der Waals surface area contributed by atoms with E-state index in [-0.39, 0.29) is 0 Å². The lowest BCUT2D eigenvalue weighted by molar-refractivity contribution is 0.308. The SMILES string of the molecule is NCCCCOc1ccccc1.c1ccoc1. The van der Waals surface area contributed by atoms with E-state index in [0.717, 1.165) is 31.7 Å². The molecule has 0 radical (unpaired) electrons. The van der Waals surface area contributed by atoms with Crippen LogP contribution in [0.3, 0.4) is 0 Å². The smallest absolute Gasteiger partial charge is 0.119 e. The summed E-state index contributed by atoms with van der Waals surface area (Å²) in [6, 6.07) is 13.5. The fourth-order valence-corrected chi connectivity index (χ4v) is 1.18. The maximum absolute atomic E-state index is 5.45. The molecule has 3 nitrogen and oxygen atoms in total. The highest BCUT2D eigenvalue weighted by Gasteiger charge is 1.89. The molecule has 0 unspecified atom stereocenters. The minimum atomic E-state index is 0.748. The van der Waals surface area contributed by atoms with Gasteiger partial charge >= 0.3 is 0 Å². The standard InChI is InChI=1S/C10H15NO.C4H4O/c11-8-4-5-9-12-10-6-2-1-3-7-10;1-2-4-5-3-1/h1-3,6-7H,4-5,8-9,11H2;1-4H. The normalized spacial score (nSPS) is 9.24. The molecule has 0 aliphatic carbocycles. The van der Waals surface area contributed by atoms with Gasteiger partial charge in [-0.3, -0.25) is 0 Å². The number of furan rings is 1. The van der Waals surface area contributed by atoms with E-state index in [2.05, 4.69) is 4.42 Å². The minimum Gasteiger partial charge on any atom is -0.494 e. The molecule has 0 amide bonds. The Labute approximate surface area is 102 Å². The van der Waals surface area contributed by atoms with Gasteiger partial charge in [0.25, 0.3) is 0 Å². The van der Waals surface area contributed by atoms with Crippen molar-refractivity contribution in [1.29, 1.82) is 0 Å². The van der Waals surface area contributed by atoms with Crippen molar-refractivity contribution in [2.45, 2.75) is 12.8 Å². The van der Waals surface area contributed by atoms with Gasteiger partial charge in [-0.05, 0) is 43.7 Å². The average molecular weight is 233 g/mol. The third-order valence-electron chi connectivity index (χ3n) is 2.04. The molecule has 2 rings (SSSR count). The summed E-state index contributed by atoms with van der Waals surface area (Å²) >= 11 is 0. The zero-order valence-corrected chi connectivity index (χ0v) is 9.92. The summed E-state index contributed by atoms with van der Waals surface area (Å²) in [6.07, 6.45) is 5.32. The third-order valence-corrected chi connectivity index (χ3v) is 2.04. The van der Waals surface area contributed by atoms with Crippen molar-refractivity contribution in [3.63, 3.8) is 0 Å². The van der Waals surface area contributed by atoms with Gasteiger partial charge in [0.1, 0.15) is 5.75 Å². The maximum Gasteiger partial charge on any atom is 0.119 e. The van der Waals surface area contributed by atoms with Gasteiger partial charge in [0, 0.05) is 0 Å². The Morgan fingerprint density at radius 1 is 0.941 bits per heavy atom. The Bertz CT molecular complexity index is 328. The van der Waals surface area contributed by atoms with Gasteiger partial charge in [-0.1, -0.05) is 18.2 Å². The van der Waals surface area contributed by atoms with E-state index >= 15 is 0 Å². The van der Waals surface area contributed by atoms with Gasteiger partial charge in [0.2, 0.25) is 0 Å². The third kappa shape index (κ3) is 7.19. The fraction of sp³-hybridized carbons (Fsp3) is 0.286. The van der Waals surface area contributed by atoms with Crippen molar-refractivity contribution in [2.75, 3.05) is 13.2 Å². The highest BCUT2D eigenvalue weighted by molar-refractivity contribution is 5.20. The molecule has 0 aliphatic heterocycles. The van der Waals surface area contributed by atoms with E-state index in [0.29, 0.717) is 0 Å². The van der Waals surface area contributed by atoms with Gasteiger partial charge in [0.05, 0.1) is 19.1 Å². The van der Waals surface area contributed by atoms with Crippen LogP contribution in [0.15, 0.2) is 59.4 Å². The molecule has 17 heavy (non-hydrogen) atoms. The zero-order valence-electron chi connectivity index (χ0n) is 9.92. The molecule has 0 aliphatic rings. The first-order valence-electron chi connectivity index (χ1n) is 5.78. The van der Waals surface area contributed by atoms with Crippen molar-refractivity contribution in [3.8, 4) is 5.75 Å². The molecule has 2 N–H and O–H groups in total. The second-order valence-corrected chi connectivity index (χ2v) is 3.45. The van der Waals surface area contributed by atoms with Gasteiger partial charge in [-0.25, -0.2) is 0 Å². The van der Waals surface area contributed by atoms with E-state index in [1.54, 1.807) is 12.5 Å². The van der Waals surface area contributed by atoms with E-state index in [9.17, 15) is 0 Å². The molecule has 0 spiro atoms. The number of hydrogen-bond donors (Lipinski definition) is 1. The van der Waals surface area contributed by atoms with Gasteiger partial charge in [0.15, 0.2) is 0 Å². The van der Waals surface area contributed by atoms with E-state index < -0.39 is 0 Å². The zero-order chi connectivity index (χ0) is 12.2. The molecule has 3 heteroatoms. The predicted octanol–water partition coefficient (Wildman–Crippen LogP) is 3.08. The van der Waals surface area contributed by atoms with Crippen molar-refractivity contribution in [3.05, 3.63) is 55.0 Å². The maximum atomic E-state index is 5.45. The molecule has 92 valence electrons. The van der Waals surface area contributed by atoms with Gasteiger partial charge < -0.3 is 14.9 Å². The van der Waals surface area contributed by atoms with E-state index in [1.165, 1.54) is 0 Å². The Morgan fingerprint density at radius 2 is 1.65 bits per heavy atom. The van der Waals surface area contributed by atoms with Crippen LogP contribution in [0.2, 0.25) is 0 Å². The molecule has 2 aromatic rings. The average Bonchev–Trinajstić information content (AvgIpc) is 2.95. The monoisotopic (exact) mass is 233 g/mol. The topological polar surface area (TPSA) is 48.4 Å². The van der Waals surface area contributed by atoms with Crippen LogP contribution >= 0.6 is 0 Å². The molecule has 1 aromatic heterocycles. The van der Waals surface area contributed by atoms with Gasteiger partial charge in [-0.15, -0.1) is 0 Å². The Morgan fingerprint density at radius 3 is 2.18 bits per heavy atom. The lowest BCUT2D eigenvalue weighted by atomic mass is 10.3. The van der Waals surface area contributed by atoms with E-state index in [1.807, 2.05) is 42.5 Å². The molecular formula is C14H19NO2. The minimum absolute atomic E-state index is 0.748. The summed E-state index contributed by atoms with van der Waals surface area (Å²) in [6.45, 7) is 1.51. The number of rotatable bonds is 5. The van der Waals surface area contributed by atoms with E-state index in [4.69, 9.17) is 10.5 Å². The van der Waals surface area contributed by atoms with Crippen LogP contribution in [-0.4, -0.2) is 13.2 Å². The molecular weight excluding hydrogens is 214 g/mol. The lowest BCUT2D eigenvalue weighted by Gasteiger charge is -2.04. The molecule has 1 heterocycles. The number of ether oxygens (including phenoxy) is 1. The molecule has 0 bridgehead atoms. The quantitative estimate of drug-likeness (QED) is 0.807. The molecule has 0 atom stereocenters. The number of nitrogens with two attached hydrogens (primary N) is 1. The van der Waals surface area contributed by atoms with Crippen molar-refractivity contribution in [1.82, 2.24) is 0 Å². The van der Waals surface area contributed by atoms with Crippen molar-refractivity contribution >= 4 is 0 Å². The molecule has 0 saturated heterocycles. The highest BCUT2D eigenvalue weighted by atomic mass is 16.5. The first kappa shape index (κ1) is 13.3. The van der Waals surface area contributed by atoms with Crippen LogP contribution in [0.4, 0.5) is 0 Å². The summed E-state index contributed by atoms with van der Waals surface area (Å²) in [5.74, 6) is 0.939. The largest absolute Gasteiger partial charge is 0.494 e. The summed E-state index contributed by atoms with van der Waals surface area (Å²) < 4.78 is 10.0. The fourth-order valence-electron chi connectivity index (χ4n) is 1.18. The highest BCUT2D eigenvalue weighted by Crippen LogP contribution is 2.08. The van der Waals surface area contributed by atoms with Crippen LogP contribution in [-0.2, 0) is 0 Å². The molecule has 1 aromatic carbocycles. The Hall–Kier alpha value is -1.74. The van der Waals surface area contributed by atoms with Crippen molar-refractivity contribution < 1.29 is 9.15 Å². The first-order chi connectivity index (χ1) is 8.43. The van der Waals surface area contributed by atoms with Crippen LogP contribution in [0.1, 0.15) is 12.8 Å². The van der Waals surface area contributed by atoms with Crippen LogP contribution in [0.25, 0.3) is 0 Å². The summed E-state index contributed by atoms with van der Waals surface area (Å²) in [4.78, 5) is 0. The summed E-state index contributed by atoms with van der Waals surface area (Å²) in [5.41, 5.74) is 5.35. The molecule has 0 saturated carbocycles. The first-order valence-corrected chi connectivity index (χ1v) is 5.78. The van der Waals surface area contributed by atoms with Crippen LogP contribution in [0.5, 0.6) is 5.75 Å². The summed E-state index contributed by atoms with van der Waals surface area (Å²) in [7, 11) is 0. The Kier molecular flexibility index (Phi) is 7.43. The Balaban J connectivity index is 0.000000239. The predicted molar refractivity (Wildman–Crippen MR) is 68.9 cm³/mol. The van der Waals surface area contributed by atoms with Crippen LogP contribution < -0.4 is 10.5 Å². The second-order valence-electron chi connectivity index (χ2n) is 3.45. The second kappa shape index (κ2) is 9.48. The number of para-hydroxylation sites is 1. The number of unbranched alkanes of at least 4 members (excludes halogenated alkanes) is 1. The van der Waals surface area contributed by atoms with Crippen molar-refractivity contribution in [2.24, 2.45) is 5.73 Å².